The number of alkyl halides is 1. The van der Waals surface area contributed by atoms with Crippen LogP contribution in [-0.4, -0.2) is 11.9 Å². The zero-order chi connectivity index (χ0) is 10.7. The molecule has 0 spiro atoms. The molecule has 0 saturated carbocycles. The molecule has 0 atom stereocenters. The summed E-state index contributed by atoms with van der Waals surface area (Å²) in [6.07, 6.45) is 0. The van der Waals surface area contributed by atoms with Crippen molar-refractivity contribution in [3.05, 3.63) is 41.4 Å². The molecule has 3 heteroatoms. The van der Waals surface area contributed by atoms with Crippen LogP contribution in [0.1, 0.15) is 0 Å². The molecule has 0 fully saturated rings. The fourth-order valence-electron chi connectivity index (χ4n) is 1.47. The molecule has 2 aromatic rings. The van der Waals surface area contributed by atoms with Crippen molar-refractivity contribution in [2.24, 2.45) is 0 Å². The molecule has 78 valence electrons. The summed E-state index contributed by atoms with van der Waals surface area (Å²) in [7, 11) is 0. The molecular weight excluding hydrogens is 275 g/mol. The van der Waals surface area contributed by atoms with Crippen LogP contribution in [0.2, 0.25) is 5.02 Å². The van der Waals surface area contributed by atoms with Crippen molar-refractivity contribution in [1.29, 1.82) is 0 Å². The molecule has 0 heterocycles. The van der Waals surface area contributed by atoms with Gasteiger partial charge in [0.2, 0.25) is 0 Å². The van der Waals surface area contributed by atoms with Crippen LogP contribution in [0.25, 0.3) is 10.8 Å². The molecule has 0 aliphatic rings. The maximum Gasteiger partial charge on any atom is 0.138 e. The highest BCUT2D eigenvalue weighted by Crippen LogP contribution is 2.32. The molecule has 0 bridgehead atoms. The van der Waals surface area contributed by atoms with Crippen LogP contribution < -0.4 is 4.74 Å². The molecule has 0 aromatic heterocycles. The number of fused-ring (bicyclic) bond motifs is 1. The van der Waals surface area contributed by atoms with E-state index in [-0.39, 0.29) is 0 Å². The monoisotopic (exact) mass is 284 g/mol. The van der Waals surface area contributed by atoms with Gasteiger partial charge in [0.25, 0.3) is 0 Å². The molecule has 0 saturated heterocycles. The summed E-state index contributed by atoms with van der Waals surface area (Å²) in [5.74, 6) is 0.745. The van der Waals surface area contributed by atoms with Gasteiger partial charge in [0.15, 0.2) is 0 Å². The summed E-state index contributed by atoms with van der Waals surface area (Å²) in [4.78, 5) is 0. The van der Waals surface area contributed by atoms with Gasteiger partial charge in [-0.15, -0.1) is 0 Å². The molecule has 2 aromatic carbocycles. The van der Waals surface area contributed by atoms with Gasteiger partial charge in [0.1, 0.15) is 5.75 Å². The number of ether oxygens (including phenoxy) is 1. The molecule has 0 amide bonds. The maximum atomic E-state index is 6.24. The predicted octanol–water partition coefficient (Wildman–Crippen LogP) is 4.27. The van der Waals surface area contributed by atoms with E-state index >= 15 is 0 Å². The normalized spacial score (nSPS) is 10.5. The predicted molar refractivity (Wildman–Crippen MR) is 68.2 cm³/mol. The maximum absolute atomic E-state index is 6.24. The highest BCUT2D eigenvalue weighted by atomic mass is 79.9. The van der Waals surface area contributed by atoms with Crippen LogP contribution in [0, 0.1) is 0 Å². The van der Waals surface area contributed by atoms with Gasteiger partial charge < -0.3 is 4.74 Å². The largest absolute Gasteiger partial charge is 0.491 e. The first kappa shape index (κ1) is 10.8. The second-order valence-corrected chi connectivity index (χ2v) is 4.31. The molecule has 0 aliphatic carbocycles. The summed E-state index contributed by atoms with van der Waals surface area (Å²) in [5, 5.41) is 3.66. The fourth-order valence-corrected chi connectivity index (χ4v) is 1.93. The molecule has 15 heavy (non-hydrogen) atoms. The van der Waals surface area contributed by atoms with Crippen molar-refractivity contribution >= 4 is 38.3 Å². The third-order valence-corrected chi connectivity index (χ3v) is 2.88. The van der Waals surface area contributed by atoms with Gasteiger partial charge in [-0.3, -0.25) is 0 Å². The zero-order valence-corrected chi connectivity index (χ0v) is 10.4. The van der Waals surface area contributed by atoms with Crippen LogP contribution in [0.3, 0.4) is 0 Å². The Balaban J connectivity index is 2.45. The van der Waals surface area contributed by atoms with Crippen molar-refractivity contribution < 1.29 is 4.74 Å². The highest BCUT2D eigenvalue weighted by Gasteiger charge is 2.05. The molecule has 0 unspecified atom stereocenters. The van der Waals surface area contributed by atoms with E-state index in [0.29, 0.717) is 11.6 Å². The van der Waals surface area contributed by atoms with Crippen LogP contribution in [0.5, 0.6) is 5.75 Å². The Labute approximate surface area is 102 Å². The van der Waals surface area contributed by atoms with Crippen molar-refractivity contribution in [1.82, 2.24) is 0 Å². The SMILES string of the molecule is Clc1c(OCCBr)ccc2ccccc12. The molecule has 0 aliphatic heterocycles. The Morgan fingerprint density at radius 3 is 2.73 bits per heavy atom. The summed E-state index contributed by atoms with van der Waals surface area (Å²) in [6.45, 7) is 0.623. The smallest absolute Gasteiger partial charge is 0.138 e. The molecular formula is C12H10BrClO. The Morgan fingerprint density at radius 1 is 1.13 bits per heavy atom. The van der Waals surface area contributed by atoms with E-state index in [2.05, 4.69) is 15.9 Å². The lowest BCUT2D eigenvalue weighted by atomic mass is 10.1. The third kappa shape index (κ3) is 2.27. The van der Waals surface area contributed by atoms with Crippen molar-refractivity contribution in [3.8, 4) is 5.75 Å². The van der Waals surface area contributed by atoms with E-state index in [4.69, 9.17) is 16.3 Å². The van der Waals surface area contributed by atoms with Gasteiger partial charge >= 0.3 is 0 Å². The second-order valence-electron chi connectivity index (χ2n) is 3.14. The number of hydrogen-bond donors (Lipinski definition) is 0. The second kappa shape index (κ2) is 4.86. The molecule has 1 nitrogen and oxygen atoms in total. The Kier molecular flexibility index (Phi) is 3.49. The fraction of sp³-hybridized carbons (Fsp3) is 0.167. The van der Waals surface area contributed by atoms with Gasteiger partial charge in [-0.25, -0.2) is 0 Å². The highest BCUT2D eigenvalue weighted by molar-refractivity contribution is 9.09. The number of halogens is 2. The van der Waals surface area contributed by atoms with Gasteiger partial charge in [-0.2, -0.15) is 0 Å². The average molecular weight is 286 g/mol. The standard InChI is InChI=1S/C12H10BrClO/c13-7-8-15-11-6-5-9-3-1-2-4-10(9)12(11)14/h1-6H,7-8H2. The Hall–Kier alpha value is -0.730. The number of hydrogen-bond acceptors (Lipinski definition) is 1. The van der Waals surface area contributed by atoms with E-state index in [0.717, 1.165) is 21.9 Å². The van der Waals surface area contributed by atoms with E-state index in [1.54, 1.807) is 0 Å². The average Bonchev–Trinajstić information content (AvgIpc) is 2.29. The minimum atomic E-state index is 0.623. The quantitative estimate of drug-likeness (QED) is 0.765. The molecule has 0 radical (unpaired) electrons. The van der Waals surface area contributed by atoms with E-state index in [9.17, 15) is 0 Å². The lowest BCUT2D eigenvalue weighted by molar-refractivity contribution is 0.346. The summed E-state index contributed by atoms with van der Waals surface area (Å²) >= 11 is 9.55. The lowest BCUT2D eigenvalue weighted by Gasteiger charge is -2.08. The molecule has 0 N–H and O–H groups in total. The van der Waals surface area contributed by atoms with Gasteiger partial charge in [-0.05, 0) is 11.5 Å². The summed E-state index contributed by atoms with van der Waals surface area (Å²) < 4.78 is 5.52. The van der Waals surface area contributed by atoms with E-state index < -0.39 is 0 Å². The van der Waals surface area contributed by atoms with Crippen LogP contribution in [0.15, 0.2) is 36.4 Å². The first-order chi connectivity index (χ1) is 7.33. The van der Waals surface area contributed by atoms with E-state index in [1.807, 2.05) is 36.4 Å². The van der Waals surface area contributed by atoms with Crippen LogP contribution in [0.4, 0.5) is 0 Å². The van der Waals surface area contributed by atoms with Crippen molar-refractivity contribution in [2.75, 3.05) is 11.9 Å². The minimum Gasteiger partial charge on any atom is -0.491 e. The minimum absolute atomic E-state index is 0.623. The lowest BCUT2D eigenvalue weighted by Crippen LogP contribution is -1.98. The summed E-state index contributed by atoms with van der Waals surface area (Å²) in [6, 6.07) is 11.9. The van der Waals surface area contributed by atoms with Gasteiger partial charge in [0.05, 0.1) is 11.6 Å². The van der Waals surface area contributed by atoms with E-state index in [1.165, 1.54) is 0 Å². The third-order valence-electron chi connectivity index (χ3n) is 2.16. The zero-order valence-electron chi connectivity index (χ0n) is 8.04. The number of rotatable bonds is 3. The topological polar surface area (TPSA) is 9.23 Å². The van der Waals surface area contributed by atoms with Crippen molar-refractivity contribution in [2.45, 2.75) is 0 Å². The van der Waals surface area contributed by atoms with Gasteiger partial charge in [-0.1, -0.05) is 57.9 Å². The van der Waals surface area contributed by atoms with Gasteiger partial charge in [0, 0.05) is 10.7 Å². The van der Waals surface area contributed by atoms with Crippen LogP contribution >= 0.6 is 27.5 Å². The summed E-state index contributed by atoms with van der Waals surface area (Å²) in [5.41, 5.74) is 0. The first-order valence-electron chi connectivity index (χ1n) is 4.69. The Bertz CT molecular complexity index is 470. The Morgan fingerprint density at radius 2 is 1.93 bits per heavy atom. The van der Waals surface area contributed by atoms with Crippen LogP contribution in [-0.2, 0) is 0 Å². The first-order valence-corrected chi connectivity index (χ1v) is 6.19. The molecule has 2 rings (SSSR count). The van der Waals surface area contributed by atoms with Crippen molar-refractivity contribution in [3.63, 3.8) is 0 Å². The number of benzene rings is 2.